The molecule has 0 spiro atoms. The highest BCUT2D eigenvalue weighted by Crippen LogP contribution is 2.19. The van der Waals surface area contributed by atoms with Crippen molar-refractivity contribution in [2.75, 3.05) is 0 Å². The lowest BCUT2D eigenvalue weighted by atomic mass is 10.1. The SMILES string of the molecule is CCCCCCCCCC(=O)Oc1ccc(OCc2ccccc2)cc1. The van der Waals surface area contributed by atoms with E-state index in [2.05, 4.69) is 6.92 Å². The van der Waals surface area contributed by atoms with Gasteiger partial charge in [0.25, 0.3) is 0 Å². The van der Waals surface area contributed by atoms with Crippen LogP contribution in [0.2, 0.25) is 0 Å². The number of ether oxygens (including phenoxy) is 2. The summed E-state index contributed by atoms with van der Waals surface area (Å²) in [6.45, 7) is 2.75. The van der Waals surface area contributed by atoms with E-state index in [1.807, 2.05) is 42.5 Å². The van der Waals surface area contributed by atoms with Crippen molar-refractivity contribution in [3.8, 4) is 11.5 Å². The van der Waals surface area contributed by atoms with Crippen LogP contribution < -0.4 is 9.47 Å². The van der Waals surface area contributed by atoms with Gasteiger partial charge in [0.1, 0.15) is 18.1 Å². The predicted molar refractivity (Wildman–Crippen MR) is 105 cm³/mol. The van der Waals surface area contributed by atoms with Gasteiger partial charge < -0.3 is 9.47 Å². The second kappa shape index (κ2) is 12.1. The Morgan fingerprint density at radius 2 is 1.38 bits per heavy atom. The molecule has 26 heavy (non-hydrogen) atoms. The van der Waals surface area contributed by atoms with Gasteiger partial charge in [-0.15, -0.1) is 0 Å². The van der Waals surface area contributed by atoms with Crippen LogP contribution in [0.4, 0.5) is 0 Å². The number of hydrogen-bond acceptors (Lipinski definition) is 3. The standard InChI is InChI=1S/C23H30O3/c1-2-3-4-5-6-7-11-14-23(24)26-22-17-15-21(16-18-22)25-19-20-12-9-8-10-13-20/h8-10,12-13,15-18H,2-7,11,14,19H2,1H3. The molecule has 0 bridgehead atoms. The summed E-state index contributed by atoms with van der Waals surface area (Å²) < 4.78 is 11.1. The molecule has 2 aromatic carbocycles. The molecule has 0 saturated heterocycles. The van der Waals surface area contributed by atoms with Crippen LogP contribution in [0, 0.1) is 0 Å². The fourth-order valence-corrected chi connectivity index (χ4v) is 2.75. The molecular weight excluding hydrogens is 324 g/mol. The van der Waals surface area contributed by atoms with Crippen molar-refractivity contribution in [2.24, 2.45) is 0 Å². The van der Waals surface area contributed by atoms with E-state index in [0.29, 0.717) is 18.8 Å². The van der Waals surface area contributed by atoms with E-state index in [1.54, 1.807) is 12.1 Å². The fourth-order valence-electron chi connectivity index (χ4n) is 2.75. The highest BCUT2D eigenvalue weighted by atomic mass is 16.5. The second-order valence-electron chi connectivity index (χ2n) is 6.59. The average molecular weight is 354 g/mol. The Kier molecular flexibility index (Phi) is 9.34. The maximum Gasteiger partial charge on any atom is 0.311 e. The molecule has 0 saturated carbocycles. The summed E-state index contributed by atoms with van der Waals surface area (Å²) in [4.78, 5) is 11.9. The van der Waals surface area contributed by atoms with Crippen molar-refractivity contribution in [3.05, 3.63) is 60.2 Å². The average Bonchev–Trinajstić information content (AvgIpc) is 2.67. The minimum Gasteiger partial charge on any atom is -0.489 e. The summed E-state index contributed by atoms with van der Waals surface area (Å²) in [6.07, 6.45) is 8.86. The zero-order valence-electron chi connectivity index (χ0n) is 15.8. The monoisotopic (exact) mass is 354 g/mol. The Hall–Kier alpha value is -2.29. The van der Waals surface area contributed by atoms with Gasteiger partial charge in [-0.25, -0.2) is 0 Å². The molecule has 2 aromatic rings. The van der Waals surface area contributed by atoms with E-state index >= 15 is 0 Å². The van der Waals surface area contributed by atoms with Gasteiger partial charge in [-0.2, -0.15) is 0 Å². The zero-order chi connectivity index (χ0) is 18.5. The highest BCUT2D eigenvalue weighted by molar-refractivity contribution is 5.72. The Labute approximate surface area is 157 Å². The summed E-state index contributed by atoms with van der Waals surface area (Å²) in [7, 11) is 0. The Balaban J connectivity index is 1.62. The van der Waals surface area contributed by atoms with E-state index in [1.165, 1.54) is 32.1 Å². The van der Waals surface area contributed by atoms with Crippen molar-refractivity contribution in [2.45, 2.75) is 64.9 Å². The van der Waals surface area contributed by atoms with Crippen molar-refractivity contribution in [1.82, 2.24) is 0 Å². The molecule has 0 aliphatic rings. The molecule has 0 aromatic heterocycles. The molecule has 0 heterocycles. The lowest BCUT2D eigenvalue weighted by Crippen LogP contribution is -2.07. The lowest BCUT2D eigenvalue weighted by molar-refractivity contribution is -0.134. The molecule has 0 aliphatic heterocycles. The fraction of sp³-hybridized carbons (Fsp3) is 0.435. The smallest absolute Gasteiger partial charge is 0.311 e. The lowest BCUT2D eigenvalue weighted by Gasteiger charge is -2.08. The van der Waals surface area contributed by atoms with Crippen LogP contribution in [-0.4, -0.2) is 5.97 Å². The zero-order valence-corrected chi connectivity index (χ0v) is 15.8. The van der Waals surface area contributed by atoms with Crippen LogP contribution in [0.1, 0.15) is 63.9 Å². The van der Waals surface area contributed by atoms with Crippen LogP contribution in [0.25, 0.3) is 0 Å². The van der Waals surface area contributed by atoms with E-state index in [-0.39, 0.29) is 5.97 Å². The minimum absolute atomic E-state index is 0.156. The molecule has 0 aliphatic carbocycles. The molecular formula is C23H30O3. The van der Waals surface area contributed by atoms with Crippen LogP contribution in [0.15, 0.2) is 54.6 Å². The first kappa shape index (κ1) is 20.0. The van der Waals surface area contributed by atoms with Crippen molar-refractivity contribution < 1.29 is 14.3 Å². The Morgan fingerprint density at radius 3 is 2.08 bits per heavy atom. The summed E-state index contributed by atoms with van der Waals surface area (Å²) in [6, 6.07) is 17.3. The second-order valence-corrected chi connectivity index (χ2v) is 6.59. The largest absolute Gasteiger partial charge is 0.489 e. The first-order valence-electron chi connectivity index (χ1n) is 9.75. The third-order valence-electron chi connectivity index (χ3n) is 4.29. The van der Waals surface area contributed by atoms with E-state index in [9.17, 15) is 4.79 Å². The number of unbranched alkanes of at least 4 members (excludes halogenated alkanes) is 6. The van der Waals surface area contributed by atoms with Gasteiger partial charge in [0, 0.05) is 6.42 Å². The number of hydrogen-bond donors (Lipinski definition) is 0. The van der Waals surface area contributed by atoms with Gasteiger partial charge in [-0.05, 0) is 36.2 Å². The summed E-state index contributed by atoms with van der Waals surface area (Å²) in [5.41, 5.74) is 1.12. The molecule has 3 nitrogen and oxygen atoms in total. The molecule has 0 radical (unpaired) electrons. The molecule has 3 heteroatoms. The first-order valence-corrected chi connectivity index (χ1v) is 9.75. The van der Waals surface area contributed by atoms with E-state index in [4.69, 9.17) is 9.47 Å². The quantitative estimate of drug-likeness (QED) is 0.254. The molecule has 0 N–H and O–H groups in total. The van der Waals surface area contributed by atoms with E-state index < -0.39 is 0 Å². The van der Waals surface area contributed by atoms with Gasteiger partial charge in [0.15, 0.2) is 0 Å². The molecule has 0 fully saturated rings. The van der Waals surface area contributed by atoms with Gasteiger partial charge >= 0.3 is 5.97 Å². The molecule has 0 atom stereocenters. The van der Waals surface area contributed by atoms with Gasteiger partial charge in [-0.1, -0.05) is 75.8 Å². The number of carbonyl (C=O) groups excluding carboxylic acids is 1. The van der Waals surface area contributed by atoms with Gasteiger partial charge in [-0.3, -0.25) is 4.79 Å². The maximum atomic E-state index is 11.9. The van der Waals surface area contributed by atoms with Crippen LogP contribution in [0.3, 0.4) is 0 Å². The van der Waals surface area contributed by atoms with Crippen LogP contribution >= 0.6 is 0 Å². The number of esters is 1. The third-order valence-corrected chi connectivity index (χ3v) is 4.29. The highest BCUT2D eigenvalue weighted by Gasteiger charge is 2.05. The summed E-state index contributed by atoms with van der Waals surface area (Å²) in [5, 5.41) is 0. The Bertz CT molecular complexity index is 620. The van der Waals surface area contributed by atoms with E-state index in [0.717, 1.165) is 24.2 Å². The Morgan fingerprint density at radius 1 is 0.769 bits per heavy atom. The van der Waals surface area contributed by atoms with Gasteiger partial charge in [0.05, 0.1) is 0 Å². The van der Waals surface area contributed by atoms with Crippen LogP contribution in [-0.2, 0) is 11.4 Å². The molecule has 140 valence electrons. The normalized spacial score (nSPS) is 10.5. The number of benzene rings is 2. The topological polar surface area (TPSA) is 35.5 Å². The molecule has 0 unspecified atom stereocenters. The van der Waals surface area contributed by atoms with Crippen molar-refractivity contribution in [3.63, 3.8) is 0 Å². The van der Waals surface area contributed by atoms with Gasteiger partial charge in [0.2, 0.25) is 0 Å². The van der Waals surface area contributed by atoms with Crippen molar-refractivity contribution >= 4 is 5.97 Å². The summed E-state index contributed by atoms with van der Waals surface area (Å²) >= 11 is 0. The minimum atomic E-state index is -0.156. The molecule has 2 rings (SSSR count). The van der Waals surface area contributed by atoms with Crippen molar-refractivity contribution in [1.29, 1.82) is 0 Å². The maximum absolute atomic E-state index is 11.9. The predicted octanol–water partition coefficient (Wildman–Crippen LogP) is 6.31. The summed E-state index contributed by atoms with van der Waals surface area (Å²) in [5.74, 6) is 1.18. The number of carbonyl (C=O) groups is 1. The van der Waals surface area contributed by atoms with Crippen LogP contribution in [0.5, 0.6) is 11.5 Å². The first-order chi connectivity index (χ1) is 12.8. The third kappa shape index (κ3) is 8.19. The number of rotatable bonds is 12. The molecule has 0 amide bonds.